The van der Waals surface area contributed by atoms with Crippen molar-refractivity contribution in [3.63, 3.8) is 0 Å². The van der Waals surface area contributed by atoms with E-state index in [2.05, 4.69) is 0 Å². The molecular formula is C16H11ClO3S. The Morgan fingerprint density at radius 3 is 2.76 bits per heavy atom. The van der Waals surface area contributed by atoms with Gasteiger partial charge in [-0.2, -0.15) is 0 Å². The summed E-state index contributed by atoms with van der Waals surface area (Å²) in [6.45, 7) is 1.43. The van der Waals surface area contributed by atoms with Crippen molar-refractivity contribution in [2.75, 3.05) is 6.61 Å². The number of Topliss-reactive ketones (excluding diaryl/α,β-unsaturated/α-hetero) is 1. The van der Waals surface area contributed by atoms with Crippen LogP contribution in [0.5, 0.6) is 5.75 Å². The van der Waals surface area contributed by atoms with E-state index < -0.39 is 0 Å². The molecule has 106 valence electrons. The SMILES string of the molecule is CC(=O)COc1ccc(Cl)c2c(=O)c3ccccc3sc12. The molecule has 0 saturated carbocycles. The number of halogens is 1. The predicted molar refractivity (Wildman–Crippen MR) is 86.8 cm³/mol. The monoisotopic (exact) mass is 318 g/mol. The second kappa shape index (κ2) is 5.47. The highest BCUT2D eigenvalue weighted by Gasteiger charge is 2.13. The molecule has 5 heteroatoms. The number of rotatable bonds is 3. The Morgan fingerprint density at radius 1 is 1.24 bits per heavy atom. The number of hydrogen-bond acceptors (Lipinski definition) is 4. The Labute approximate surface area is 129 Å². The van der Waals surface area contributed by atoms with Gasteiger partial charge in [0.25, 0.3) is 0 Å². The van der Waals surface area contributed by atoms with Gasteiger partial charge in [0.15, 0.2) is 11.2 Å². The van der Waals surface area contributed by atoms with Crippen molar-refractivity contribution < 1.29 is 9.53 Å². The van der Waals surface area contributed by atoms with E-state index >= 15 is 0 Å². The van der Waals surface area contributed by atoms with Gasteiger partial charge in [0, 0.05) is 10.1 Å². The van der Waals surface area contributed by atoms with Gasteiger partial charge in [-0.15, -0.1) is 11.3 Å². The fourth-order valence-corrected chi connectivity index (χ4v) is 3.60. The molecular weight excluding hydrogens is 308 g/mol. The van der Waals surface area contributed by atoms with Gasteiger partial charge in [-0.3, -0.25) is 9.59 Å². The molecule has 3 rings (SSSR count). The van der Waals surface area contributed by atoms with Crippen molar-refractivity contribution >= 4 is 48.9 Å². The molecule has 21 heavy (non-hydrogen) atoms. The van der Waals surface area contributed by atoms with Crippen LogP contribution in [0, 0.1) is 0 Å². The molecule has 2 aromatic carbocycles. The summed E-state index contributed by atoms with van der Waals surface area (Å²) in [7, 11) is 0. The van der Waals surface area contributed by atoms with Crippen molar-refractivity contribution in [1.29, 1.82) is 0 Å². The molecule has 0 fully saturated rings. The van der Waals surface area contributed by atoms with E-state index in [-0.39, 0.29) is 17.8 Å². The van der Waals surface area contributed by atoms with E-state index in [9.17, 15) is 9.59 Å². The smallest absolute Gasteiger partial charge is 0.197 e. The van der Waals surface area contributed by atoms with Gasteiger partial charge in [-0.1, -0.05) is 23.7 Å². The lowest BCUT2D eigenvalue weighted by Crippen LogP contribution is -2.08. The zero-order chi connectivity index (χ0) is 15.0. The van der Waals surface area contributed by atoms with Crippen LogP contribution in [0.4, 0.5) is 0 Å². The van der Waals surface area contributed by atoms with Crippen LogP contribution >= 0.6 is 22.9 Å². The fraction of sp³-hybridized carbons (Fsp3) is 0.125. The topological polar surface area (TPSA) is 43.4 Å². The van der Waals surface area contributed by atoms with Crippen LogP contribution in [-0.4, -0.2) is 12.4 Å². The fourth-order valence-electron chi connectivity index (χ4n) is 2.13. The molecule has 0 bridgehead atoms. The molecule has 0 aliphatic heterocycles. The molecule has 3 nitrogen and oxygen atoms in total. The predicted octanol–water partition coefficient (Wildman–Crippen LogP) is 4.04. The Balaban J connectivity index is 2.34. The molecule has 0 atom stereocenters. The third-order valence-electron chi connectivity index (χ3n) is 3.07. The van der Waals surface area contributed by atoms with Crippen LogP contribution in [0.3, 0.4) is 0 Å². The van der Waals surface area contributed by atoms with Crippen LogP contribution in [0.2, 0.25) is 5.02 Å². The van der Waals surface area contributed by atoms with E-state index in [0.29, 0.717) is 26.2 Å². The quantitative estimate of drug-likeness (QED) is 0.685. The van der Waals surface area contributed by atoms with E-state index in [1.54, 1.807) is 18.2 Å². The van der Waals surface area contributed by atoms with E-state index in [1.165, 1.54) is 18.3 Å². The third kappa shape index (κ3) is 2.52. The summed E-state index contributed by atoms with van der Waals surface area (Å²) >= 11 is 7.62. The van der Waals surface area contributed by atoms with E-state index in [4.69, 9.17) is 16.3 Å². The van der Waals surface area contributed by atoms with Crippen molar-refractivity contribution in [1.82, 2.24) is 0 Å². The summed E-state index contributed by atoms with van der Waals surface area (Å²) in [6, 6.07) is 10.7. The molecule has 1 aromatic heterocycles. The second-order valence-electron chi connectivity index (χ2n) is 4.67. The third-order valence-corrected chi connectivity index (χ3v) is 4.57. The lowest BCUT2D eigenvalue weighted by molar-refractivity contribution is -0.118. The number of carbonyl (C=O) groups is 1. The van der Waals surface area contributed by atoms with Crippen LogP contribution in [0.1, 0.15) is 6.92 Å². The lowest BCUT2D eigenvalue weighted by Gasteiger charge is -2.09. The number of ketones is 1. The first kappa shape index (κ1) is 14.0. The molecule has 3 aromatic rings. The second-order valence-corrected chi connectivity index (χ2v) is 6.13. The Kier molecular flexibility index (Phi) is 3.66. The molecule has 0 aliphatic carbocycles. The summed E-state index contributed by atoms with van der Waals surface area (Å²) < 4.78 is 7.04. The number of fused-ring (bicyclic) bond motifs is 2. The zero-order valence-electron chi connectivity index (χ0n) is 11.2. The van der Waals surface area contributed by atoms with Gasteiger partial charge in [-0.05, 0) is 31.2 Å². The summed E-state index contributed by atoms with van der Waals surface area (Å²) in [5.74, 6) is 0.434. The molecule has 0 aliphatic rings. The maximum Gasteiger partial charge on any atom is 0.197 e. The van der Waals surface area contributed by atoms with E-state index in [0.717, 1.165) is 4.70 Å². The number of carbonyl (C=O) groups excluding carboxylic acids is 1. The van der Waals surface area contributed by atoms with E-state index in [1.807, 2.05) is 18.2 Å². The molecule has 0 unspecified atom stereocenters. The van der Waals surface area contributed by atoms with Crippen LogP contribution in [0.15, 0.2) is 41.2 Å². The molecule has 0 spiro atoms. The molecule has 0 amide bonds. The van der Waals surface area contributed by atoms with Crippen LogP contribution in [0.25, 0.3) is 20.2 Å². The van der Waals surface area contributed by atoms with Gasteiger partial charge in [-0.25, -0.2) is 0 Å². The molecule has 0 saturated heterocycles. The molecule has 0 radical (unpaired) electrons. The van der Waals surface area contributed by atoms with Gasteiger partial charge < -0.3 is 4.74 Å². The summed E-state index contributed by atoms with van der Waals surface area (Å²) in [5, 5.41) is 1.48. The van der Waals surface area contributed by atoms with Gasteiger partial charge in [0.2, 0.25) is 0 Å². The van der Waals surface area contributed by atoms with Gasteiger partial charge >= 0.3 is 0 Å². The summed E-state index contributed by atoms with van der Waals surface area (Å²) in [4.78, 5) is 23.7. The minimum Gasteiger partial charge on any atom is -0.484 e. The average molecular weight is 319 g/mol. The van der Waals surface area contributed by atoms with Crippen LogP contribution < -0.4 is 10.2 Å². The Morgan fingerprint density at radius 2 is 2.00 bits per heavy atom. The minimum atomic E-state index is -0.113. The standard InChI is InChI=1S/C16H11ClO3S/c1-9(18)8-20-12-7-6-11(17)14-15(19)10-4-2-3-5-13(10)21-16(12)14/h2-7H,8H2,1H3. The summed E-state index contributed by atoms with van der Waals surface area (Å²) in [5.41, 5.74) is -0.113. The Bertz CT molecular complexity index is 914. The maximum absolute atomic E-state index is 12.6. The highest BCUT2D eigenvalue weighted by atomic mass is 35.5. The minimum absolute atomic E-state index is 0.0233. The Hall–Kier alpha value is -1.91. The average Bonchev–Trinajstić information content (AvgIpc) is 2.46. The number of hydrogen-bond donors (Lipinski definition) is 0. The van der Waals surface area contributed by atoms with Crippen molar-refractivity contribution in [3.8, 4) is 5.75 Å². The number of benzene rings is 2. The molecule has 0 N–H and O–H groups in total. The highest BCUT2D eigenvalue weighted by Crippen LogP contribution is 2.35. The summed E-state index contributed by atoms with van der Waals surface area (Å²) in [6.07, 6.45) is 0. The van der Waals surface area contributed by atoms with Crippen molar-refractivity contribution in [3.05, 3.63) is 51.6 Å². The van der Waals surface area contributed by atoms with Crippen molar-refractivity contribution in [2.45, 2.75) is 6.92 Å². The normalized spacial score (nSPS) is 11.0. The van der Waals surface area contributed by atoms with Crippen LogP contribution in [-0.2, 0) is 4.79 Å². The maximum atomic E-state index is 12.6. The van der Waals surface area contributed by atoms with Crippen molar-refractivity contribution in [2.24, 2.45) is 0 Å². The first-order chi connectivity index (χ1) is 10.1. The molecule has 1 heterocycles. The van der Waals surface area contributed by atoms with Gasteiger partial charge in [0.05, 0.1) is 15.1 Å². The number of ether oxygens (including phenoxy) is 1. The largest absolute Gasteiger partial charge is 0.484 e. The first-order valence-electron chi connectivity index (χ1n) is 6.34. The zero-order valence-corrected chi connectivity index (χ0v) is 12.8. The first-order valence-corrected chi connectivity index (χ1v) is 7.53. The van der Waals surface area contributed by atoms with Gasteiger partial charge in [0.1, 0.15) is 12.4 Å². The highest BCUT2D eigenvalue weighted by molar-refractivity contribution is 7.25. The lowest BCUT2D eigenvalue weighted by atomic mass is 10.2.